The Balaban J connectivity index is 3.94. The number of nitrogens with zero attached hydrogens (tertiary/aromatic N) is 1. The minimum absolute atomic E-state index is 0.0868. The number of hydrogen-bond acceptors (Lipinski definition) is 2. The SMILES string of the molecule is CNCC(C)(C)N(C)C=O. The van der Waals surface area contributed by atoms with Crippen LogP contribution in [0.25, 0.3) is 0 Å². The van der Waals surface area contributed by atoms with Crippen molar-refractivity contribution in [2.24, 2.45) is 0 Å². The summed E-state index contributed by atoms with van der Waals surface area (Å²) in [5.74, 6) is 0. The summed E-state index contributed by atoms with van der Waals surface area (Å²) in [6.45, 7) is 4.83. The van der Waals surface area contributed by atoms with Gasteiger partial charge in [-0.1, -0.05) is 0 Å². The molecule has 0 rings (SSSR count). The van der Waals surface area contributed by atoms with Gasteiger partial charge in [0.05, 0.1) is 0 Å². The van der Waals surface area contributed by atoms with Crippen LogP contribution in [0.3, 0.4) is 0 Å². The molecule has 3 heteroatoms. The summed E-state index contributed by atoms with van der Waals surface area (Å²) in [4.78, 5) is 12.0. The smallest absolute Gasteiger partial charge is 0.209 e. The summed E-state index contributed by atoms with van der Waals surface area (Å²) in [5, 5.41) is 3.02. The van der Waals surface area contributed by atoms with Crippen molar-refractivity contribution >= 4 is 6.41 Å². The Bertz CT molecular complexity index is 112. The van der Waals surface area contributed by atoms with Gasteiger partial charge in [0, 0.05) is 19.1 Å². The maximum Gasteiger partial charge on any atom is 0.209 e. The maximum atomic E-state index is 10.3. The van der Waals surface area contributed by atoms with Gasteiger partial charge >= 0.3 is 0 Å². The van der Waals surface area contributed by atoms with Crippen LogP contribution in [-0.4, -0.2) is 37.5 Å². The summed E-state index contributed by atoms with van der Waals surface area (Å²) in [6, 6.07) is 0. The molecule has 0 aromatic heterocycles. The van der Waals surface area contributed by atoms with Crippen LogP contribution in [0.1, 0.15) is 13.8 Å². The largest absolute Gasteiger partial charge is 0.342 e. The highest BCUT2D eigenvalue weighted by molar-refractivity contribution is 5.48. The average molecular weight is 144 g/mol. The van der Waals surface area contributed by atoms with Crippen LogP contribution in [0, 0.1) is 0 Å². The highest BCUT2D eigenvalue weighted by Gasteiger charge is 2.20. The highest BCUT2D eigenvalue weighted by atomic mass is 16.1. The lowest BCUT2D eigenvalue weighted by molar-refractivity contribution is -0.121. The van der Waals surface area contributed by atoms with Gasteiger partial charge in [-0.05, 0) is 20.9 Å². The molecule has 0 aliphatic carbocycles. The molecule has 0 unspecified atom stereocenters. The van der Waals surface area contributed by atoms with Crippen molar-refractivity contribution in [1.29, 1.82) is 0 Å². The van der Waals surface area contributed by atoms with E-state index in [2.05, 4.69) is 5.32 Å². The molecule has 0 bridgehead atoms. The average Bonchev–Trinajstić information content (AvgIpc) is 1.86. The molecule has 0 aliphatic rings. The first-order chi connectivity index (χ1) is 4.54. The van der Waals surface area contributed by atoms with E-state index in [4.69, 9.17) is 0 Å². The zero-order valence-electron chi connectivity index (χ0n) is 7.14. The zero-order chi connectivity index (χ0) is 8.20. The summed E-state index contributed by atoms with van der Waals surface area (Å²) < 4.78 is 0. The molecule has 10 heavy (non-hydrogen) atoms. The van der Waals surface area contributed by atoms with Crippen LogP contribution in [-0.2, 0) is 4.79 Å². The molecule has 1 amide bonds. The van der Waals surface area contributed by atoms with Crippen LogP contribution in [0.2, 0.25) is 0 Å². The fourth-order valence-corrected chi connectivity index (χ4v) is 0.700. The standard InChI is InChI=1S/C7H16N2O/c1-7(2,5-8-3)9(4)6-10/h6,8H,5H2,1-4H3. The predicted molar refractivity (Wildman–Crippen MR) is 41.8 cm³/mol. The lowest BCUT2D eigenvalue weighted by Crippen LogP contribution is -2.47. The first kappa shape index (κ1) is 9.43. The van der Waals surface area contributed by atoms with Crippen molar-refractivity contribution in [1.82, 2.24) is 10.2 Å². The Hall–Kier alpha value is -0.570. The molecule has 0 atom stereocenters. The van der Waals surface area contributed by atoms with Crippen LogP contribution >= 0.6 is 0 Å². The van der Waals surface area contributed by atoms with Crippen molar-refractivity contribution in [3.8, 4) is 0 Å². The normalized spacial score (nSPS) is 11.2. The quantitative estimate of drug-likeness (QED) is 0.566. The number of hydrogen-bond donors (Lipinski definition) is 1. The highest BCUT2D eigenvalue weighted by Crippen LogP contribution is 2.07. The van der Waals surface area contributed by atoms with Gasteiger partial charge in [0.1, 0.15) is 0 Å². The molecule has 0 heterocycles. The third kappa shape index (κ3) is 2.35. The molecule has 60 valence electrons. The molecule has 3 nitrogen and oxygen atoms in total. The number of rotatable bonds is 4. The van der Waals surface area contributed by atoms with Crippen LogP contribution < -0.4 is 5.32 Å². The van der Waals surface area contributed by atoms with Crippen molar-refractivity contribution in [3.05, 3.63) is 0 Å². The predicted octanol–water partition coefficient (Wildman–Crippen LogP) is 0.0726. The summed E-state index contributed by atoms with van der Waals surface area (Å²) in [7, 11) is 3.66. The number of amides is 1. The summed E-state index contributed by atoms with van der Waals surface area (Å²) in [5.41, 5.74) is -0.0868. The third-order valence-corrected chi connectivity index (χ3v) is 1.72. The van der Waals surface area contributed by atoms with Gasteiger partial charge in [-0.3, -0.25) is 4.79 Å². The Kier molecular flexibility index (Phi) is 3.36. The number of carbonyl (C=O) groups excluding carboxylic acids is 1. The van der Waals surface area contributed by atoms with E-state index in [0.29, 0.717) is 0 Å². The van der Waals surface area contributed by atoms with Gasteiger partial charge < -0.3 is 10.2 Å². The Morgan fingerprint density at radius 3 is 2.40 bits per heavy atom. The van der Waals surface area contributed by atoms with E-state index in [1.54, 1.807) is 11.9 Å². The topological polar surface area (TPSA) is 32.3 Å². The first-order valence-corrected chi connectivity index (χ1v) is 3.37. The number of nitrogens with one attached hydrogen (secondary N) is 1. The van der Waals surface area contributed by atoms with E-state index < -0.39 is 0 Å². The number of likely N-dealkylation sites (N-methyl/N-ethyl adjacent to an activating group) is 2. The second-order valence-electron chi connectivity index (χ2n) is 3.06. The first-order valence-electron chi connectivity index (χ1n) is 3.37. The molecular formula is C7H16N2O. The molecule has 0 radical (unpaired) electrons. The van der Waals surface area contributed by atoms with Gasteiger partial charge in [0.15, 0.2) is 0 Å². The molecule has 0 fully saturated rings. The lowest BCUT2D eigenvalue weighted by atomic mass is 10.1. The second kappa shape index (κ2) is 3.56. The van der Waals surface area contributed by atoms with Crippen molar-refractivity contribution in [2.45, 2.75) is 19.4 Å². The van der Waals surface area contributed by atoms with Gasteiger partial charge in [0.25, 0.3) is 0 Å². The summed E-state index contributed by atoms with van der Waals surface area (Å²) in [6.07, 6.45) is 0.845. The Labute approximate surface area is 62.4 Å². The molecule has 0 aromatic carbocycles. The Morgan fingerprint density at radius 1 is 1.60 bits per heavy atom. The number of carbonyl (C=O) groups is 1. The van der Waals surface area contributed by atoms with Gasteiger partial charge in [0.2, 0.25) is 6.41 Å². The van der Waals surface area contributed by atoms with E-state index in [1.165, 1.54) is 0 Å². The van der Waals surface area contributed by atoms with Crippen molar-refractivity contribution in [3.63, 3.8) is 0 Å². The van der Waals surface area contributed by atoms with E-state index in [1.807, 2.05) is 20.9 Å². The summed E-state index contributed by atoms with van der Waals surface area (Å²) >= 11 is 0. The Morgan fingerprint density at radius 2 is 2.10 bits per heavy atom. The molecular weight excluding hydrogens is 128 g/mol. The lowest BCUT2D eigenvalue weighted by Gasteiger charge is -2.32. The molecule has 0 aliphatic heterocycles. The minimum Gasteiger partial charge on any atom is -0.342 e. The van der Waals surface area contributed by atoms with Crippen molar-refractivity contribution < 1.29 is 4.79 Å². The fraction of sp³-hybridized carbons (Fsp3) is 0.857. The fourth-order valence-electron chi connectivity index (χ4n) is 0.700. The van der Waals surface area contributed by atoms with Gasteiger partial charge in [-0.2, -0.15) is 0 Å². The van der Waals surface area contributed by atoms with Gasteiger partial charge in [-0.25, -0.2) is 0 Å². The van der Waals surface area contributed by atoms with E-state index in [-0.39, 0.29) is 5.54 Å². The monoisotopic (exact) mass is 144 g/mol. The van der Waals surface area contributed by atoms with Crippen LogP contribution in [0.15, 0.2) is 0 Å². The van der Waals surface area contributed by atoms with E-state index in [0.717, 1.165) is 13.0 Å². The molecule has 1 N–H and O–H groups in total. The molecule has 0 saturated carbocycles. The zero-order valence-corrected chi connectivity index (χ0v) is 7.14. The molecule has 0 spiro atoms. The second-order valence-corrected chi connectivity index (χ2v) is 3.06. The van der Waals surface area contributed by atoms with E-state index >= 15 is 0 Å². The maximum absolute atomic E-state index is 10.3. The van der Waals surface area contributed by atoms with E-state index in [9.17, 15) is 4.79 Å². The molecule has 0 aromatic rings. The molecule has 0 saturated heterocycles. The van der Waals surface area contributed by atoms with Gasteiger partial charge in [-0.15, -0.1) is 0 Å². The minimum atomic E-state index is -0.0868. The third-order valence-electron chi connectivity index (χ3n) is 1.72. The van der Waals surface area contributed by atoms with Crippen LogP contribution in [0.5, 0.6) is 0 Å². The van der Waals surface area contributed by atoms with Crippen molar-refractivity contribution in [2.75, 3.05) is 20.6 Å². The van der Waals surface area contributed by atoms with Crippen LogP contribution in [0.4, 0.5) is 0 Å².